The second kappa shape index (κ2) is 4.30. The third-order valence-electron chi connectivity index (χ3n) is 3.11. The molecule has 0 spiro atoms. The van der Waals surface area contributed by atoms with Crippen molar-refractivity contribution in [3.05, 3.63) is 42.5 Å². The number of para-hydroxylation sites is 1. The SMILES string of the molecule is CCn1c2ccccc2c2cc(N)ccc21.Cl. The number of benzene rings is 2. The Morgan fingerprint density at radius 3 is 2.47 bits per heavy atom. The van der Waals surface area contributed by atoms with Gasteiger partial charge in [-0.2, -0.15) is 0 Å². The molecule has 0 amide bonds. The third-order valence-corrected chi connectivity index (χ3v) is 3.11. The van der Waals surface area contributed by atoms with E-state index in [1.54, 1.807) is 0 Å². The van der Waals surface area contributed by atoms with Crippen molar-refractivity contribution < 1.29 is 0 Å². The van der Waals surface area contributed by atoms with Crippen LogP contribution in [-0.2, 0) is 6.54 Å². The van der Waals surface area contributed by atoms with Crippen LogP contribution in [0.2, 0.25) is 0 Å². The number of aryl methyl sites for hydroxylation is 1. The number of halogens is 1. The average molecular weight is 247 g/mol. The van der Waals surface area contributed by atoms with E-state index in [4.69, 9.17) is 5.73 Å². The van der Waals surface area contributed by atoms with Crippen LogP contribution < -0.4 is 5.73 Å². The van der Waals surface area contributed by atoms with Gasteiger partial charge >= 0.3 is 0 Å². The van der Waals surface area contributed by atoms with E-state index in [2.05, 4.69) is 47.9 Å². The Kier molecular flexibility index (Phi) is 2.99. The molecule has 0 aliphatic heterocycles. The number of fused-ring (bicyclic) bond motifs is 3. The summed E-state index contributed by atoms with van der Waals surface area (Å²) in [6.07, 6.45) is 0. The molecule has 0 saturated carbocycles. The number of anilines is 1. The van der Waals surface area contributed by atoms with E-state index in [-0.39, 0.29) is 12.4 Å². The fraction of sp³-hybridized carbons (Fsp3) is 0.143. The fourth-order valence-electron chi connectivity index (χ4n) is 2.41. The van der Waals surface area contributed by atoms with Crippen molar-refractivity contribution in [3.63, 3.8) is 0 Å². The highest BCUT2D eigenvalue weighted by Crippen LogP contribution is 2.29. The van der Waals surface area contributed by atoms with E-state index in [1.165, 1.54) is 21.8 Å². The van der Waals surface area contributed by atoms with Gasteiger partial charge in [0.25, 0.3) is 0 Å². The van der Waals surface area contributed by atoms with E-state index < -0.39 is 0 Å². The van der Waals surface area contributed by atoms with Crippen molar-refractivity contribution >= 4 is 39.9 Å². The minimum absolute atomic E-state index is 0. The lowest BCUT2D eigenvalue weighted by molar-refractivity contribution is 0.827. The van der Waals surface area contributed by atoms with Crippen LogP contribution in [0.1, 0.15) is 6.92 Å². The molecule has 0 atom stereocenters. The molecule has 0 aliphatic carbocycles. The largest absolute Gasteiger partial charge is 0.399 e. The maximum atomic E-state index is 5.86. The molecule has 1 heterocycles. The smallest absolute Gasteiger partial charge is 0.0492 e. The first-order valence-corrected chi connectivity index (χ1v) is 5.57. The van der Waals surface area contributed by atoms with Crippen LogP contribution in [0.5, 0.6) is 0 Å². The van der Waals surface area contributed by atoms with Gasteiger partial charge in [0.15, 0.2) is 0 Å². The lowest BCUT2D eigenvalue weighted by Gasteiger charge is -2.02. The second-order valence-corrected chi connectivity index (χ2v) is 4.04. The first-order valence-electron chi connectivity index (χ1n) is 5.57. The van der Waals surface area contributed by atoms with Crippen LogP contribution >= 0.6 is 12.4 Å². The van der Waals surface area contributed by atoms with Crippen molar-refractivity contribution in [3.8, 4) is 0 Å². The normalized spacial score (nSPS) is 10.6. The molecular weight excluding hydrogens is 232 g/mol. The molecule has 1 aromatic heterocycles. The van der Waals surface area contributed by atoms with Gasteiger partial charge in [-0.3, -0.25) is 0 Å². The molecule has 0 fully saturated rings. The van der Waals surface area contributed by atoms with Gasteiger partial charge in [-0.25, -0.2) is 0 Å². The number of nitrogen functional groups attached to an aromatic ring is 1. The Hall–Kier alpha value is -1.67. The highest BCUT2D eigenvalue weighted by Gasteiger charge is 2.08. The predicted molar refractivity (Wildman–Crippen MR) is 76.8 cm³/mol. The standard InChI is InChI=1S/C14H14N2.ClH/c1-2-16-13-6-4-3-5-11(13)12-9-10(15)7-8-14(12)16;/h3-9H,2,15H2,1H3;1H. The quantitative estimate of drug-likeness (QED) is 0.651. The van der Waals surface area contributed by atoms with Crippen LogP contribution in [-0.4, -0.2) is 4.57 Å². The molecule has 3 aromatic rings. The van der Waals surface area contributed by atoms with Crippen molar-refractivity contribution in [2.24, 2.45) is 0 Å². The summed E-state index contributed by atoms with van der Waals surface area (Å²) in [5.41, 5.74) is 9.23. The van der Waals surface area contributed by atoms with Gasteiger partial charge in [-0.15, -0.1) is 12.4 Å². The Morgan fingerprint density at radius 1 is 1.00 bits per heavy atom. The van der Waals surface area contributed by atoms with Crippen molar-refractivity contribution in [2.75, 3.05) is 5.73 Å². The van der Waals surface area contributed by atoms with Gasteiger partial charge in [0, 0.05) is 34.0 Å². The van der Waals surface area contributed by atoms with Crippen LogP contribution in [0.3, 0.4) is 0 Å². The number of aromatic nitrogens is 1. The van der Waals surface area contributed by atoms with Gasteiger partial charge in [0.2, 0.25) is 0 Å². The molecule has 3 heteroatoms. The summed E-state index contributed by atoms with van der Waals surface area (Å²) in [6.45, 7) is 3.15. The highest BCUT2D eigenvalue weighted by atomic mass is 35.5. The molecule has 3 rings (SSSR count). The zero-order chi connectivity index (χ0) is 11.1. The second-order valence-electron chi connectivity index (χ2n) is 4.04. The van der Waals surface area contributed by atoms with E-state index >= 15 is 0 Å². The Balaban J connectivity index is 0.00000108. The van der Waals surface area contributed by atoms with E-state index in [1.807, 2.05) is 6.07 Å². The molecule has 0 bridgehead atoms. The molecular formula is C14H15ClN2. The van der Waals surface area contributed by atoms with E-state index in [0.717, 1.165) is 12.2 Å². The third kappa shape index (κ3) is 1.65. The average Bonchev–Trinajstić information content (AvgIpc) is 2.62. The predicted octanol–water partition coefficient (Wildman–Crippen LogP) is 3.82. The molecule has 2 nitrogen and oxygen atoms in total. The lowest BCUT2D eigenvalue weighted by Crippen LogP contribution is -1.92. The highest BCUT2D eigenvalue weighted by molar-refractivity contribution is 6.08. The van der Waals surface area contributed by atoms with Gasteiger partial charge < -0.3 is 10.3 Å². The van der Waals surface area contributed by atoms with Gasteiger partial charge in [0.05, 0.1) is 0 Å². The number of nitrogens with zero attached hydrogens (tertiary/aromatic N) is 1. The topological polar surface area (TPSA) is 30.9 Å². The number of hydrogen-bond acceptors (Lipinski definition) is 1. The first kappa shape index (κ1) is 11.8. The Morgan fingerprint density at radius 2 is 1.71 bits per heavy atom. The molecule has 0 saturated heterocycles. The Bertz CT molecular complexity index is 670. The number of hydrogen-bond donors (Lipinski definition) is 1. The van der Waals surface area contributed by atoms with E-state index in [0.29, 0.717) is 0 Å². The van der Waals surface area contributed by atoms with E-state index in [9.17, 15) is 0 Å². The van der Waals surface area contributed by atoms with Crippen molar-refractivity contribution in [1.82, 2.24) is 4.57 Å². The molecule has 0 radical (unpaired) electrons. The Labute approximate surface area is 106 Å². The van der Waals surface area contributed by atoms with Crippen LogP contribution in [0, 0.1) is 0 Å². The molecule has 17 heavy (non-hydrogen) atoms. The monoisotopic (exact) mass is 246 g/mol. The fourth-order valence-corrected chi connectivity index (χ4v) is 2.41. The number of nitrogens with two attached hydrogens (primary N) is 1. The minimum atomic E-state index is 0. The summed E-state index contributed by atoms with van der Waals surface area (Å²) in [5.74, 6) is 0. The summed E-state index contributed by atoms with van der Waals surface area (Å²) in [4.78, 5) is 0. The van der Waals surface area contributed by atoms with Crippen molar-refractivity contribution in [2.45, 2.75) is 13.5 Å². The lowest BCUT2D eigenvalue weighted by atomic mass is 10.1. The summed E-state index contributed by atoms with van der Waals surface area (Å²) >= 11 is 0. The maximum absolute atomic E-state index is 5.86. The number of rotatable bonds is 1. The molecule has 0 aliphatic rings. The molecule has 2 N–H and O–H groups in total. The zero-order valence-corrected chi connectivity index (χ0v) is 10.5. The van der Waals surface area contributed by atoms with Crippen molar-refractivity contribution in [1.29, 1.82) is 0 Å². The van der Waals surface area contributed by atoms with Crippen LogP contribution in [0.25, 0.3) is 21.8 Å². The summed E-state index contributed by atoms with van der Waals surface area (Å²) in [7, 11) is 0. The van der Waals surface area contributed by atoms with Crippen LogP contribution in [0.4, 0.5) is 5.69 Å². The maximum Gasteiger partial charge on any atom is 0.0492 e. The summed E-state index contributed by atoms with van der Waals surface area (Å²) in [5, 5.41) is 2.53. The van der Waals surface area contributed by atoms with Gasteiger partial charge in [0.1, 0.15) is 0 Å². The molecule has 0 unspecified atom stereocenters. The first-order chi connectivity index (χ1) is 7.81. The van der Waals surface area contributed by atoms with Crippen LogP contribution in [0.15, 0.2) is 42.5 Å². The van der Waals surface area contributed by atoms with Gasteiger partial charge in [-0.05, 0) is 31.2 Å². The summed E-state index contributed by atoms with van der Waals surface area (Å²) in [6, 6.07) is 14.6. The molecule has 88 valence electrons. The van der Waals surface area contributed by atoms with Gasteiger partial charge in [-0.1, -0.05) is 18.2 Å². The zero-order valence-electron chi connectivity index (χ0n) is 9.68. The minimum Gasteiger partial charge on any atom is -0.399 e. The molecule has 2 aromatic carbocycles. The summed E-state index contributed by atoms with van der Waals surface area (Å²) < 4.78 is 2.32.